The van der Waals surface area contributed by atoms with Crippen LogP contribution in [0.15, 0.2) is 35.5 Å². The van der Waals surface area contributed by atoms with Gasteiger partial charge in [0.2, 0.25) is 0 Å². The summed E-state index contributed by atoms with van der Waals surface area (Å²) in [6.45, 7) is 5.58. The Morgan fingerprint density at radius 2 is 1.89 bits per heavy atom. The maximum absolute atomic E-state index is 12.5. The molecule has 28 heavy (non-hydrogen) atoms. The van der Waals surface area contributed by atoms with E-state index in [2.05, 4.69) is 15.3 Å². The van der Waals surface area contributed by atoms with Crippen LogP contribution in [0.4, 0.5) is 0 Å². The summed E-state index contributed by atoms with van der Waals surface area (Å²) < 4.78 is 5.23. The lowest BCUT2D eigenvalue weighted by Crippen LogP contribution is -2.37. The molecule has 1 saturated carbocycles. The maximum atomic E-state index is 12.5. The van der Waals surface area contributed by atoms with Crippen molar-refractivity contribution in [1.82, 2.24) is 15.3 Å². The quantitative estimate of drug-likeness (QED) is 0.416. The second kappa shape index (κ2) is 9.19. The average molecular weight is 400 g/mol. The first-order valence-corrected chi connectivity index (χ1v) is 10.4. The molecule has 7 heteroatoms. The number of hydrogen-bond acceptors (Lipinski definition) is 6. The normalized spacial score (nSPS) is 14.4. The minimum absolute atomic E-state index is 0.132. The van der Waals surface area contributed by atoms with Crippen molar-refractivity contribution in [2.24, 2.45) is 5.92 Å². The fourth-order valence-electron chi connectivity index (χ4n) is 2.96. The Morgan fingerprint density at radius 1 is 1.21 bits per heavy atom. The van der Waals surface area contributed by atoms with Crippen molar-refractivity contribution in [3.05, 3.63) is 52.8 Å². The fraction of sp³-hybridized carbons (Fsp3) is 0.429. The molecule has 0 aliphatic heterocycles. The molecule has 3 rings (SSSR count). The first-order valence-electron chi connectivity index (χ1n) is 9.42. The highest BCUT2D eigenvalue weighted by atomic mass is 32.2. The standard InChI is InChI=1S/C21H25N3O3S/c1-13-10-14(2)23-21(22-13)28-12-17-6-4-5-7-18(17)20(26)27-11-19(25)24-15(3)16-8-9-16/h4-7,10,15-16H,8-9,11-12H2,1-3H3,(H,24,25)/t15-/m1/s1. The number of ether oxygens (including phenoxy) is 1. The molecule has 0 unspecified atom stereocenters. The summed E-state index contributed by atoms with van der Waals surface area (Å²) in [5.74, 6) is 0.346. The average Bonchev–Trinajstić information content (AvgIpc) is 3.49. The first-order chi connectivity index (χ1) is 13.4. The van der Waals surface area contributed by atoms with Gasteiger partial charge in [0, 0.05) is 23.2 Å². The molecule has 0 bridgehead atoms. The highest BCUT2D eigenvalue weighted by Crippen LogP contribution is 2.32. The third-order valence-corrected chi connectivity index (χ3v) is 5.50. The molecule has 1 aromatic heterocycles. The van der Waals surface area contributed by atoms with Crippen LogP contribution in [0, 0.1) is 19.8 Å². The Morgan fingerprint density at radius 3 is 2.57 bits per heavy atom. The van der Waals surface area contributed by atoms with Crippen molar-refractivity contribution in [1.29, 1.82) is 0 Å². The topological polar surface area (TPSA) is 81.2 Å². The number of aryl methyl sites for hydroxylation is 2. The molecule has 1 aliphatic carbocycles. The molecule has 2 aromatic rings. The molecule has 0 saturated heterocycles. The van der Waals surface area contributed by atoms with E-state index in [1.807, 2.05) is 39.0 Å². The van der Waals surface area contributed by atoms with Gasteiger partial charge in [0.15, 0.2) is 11.8 Å². The second-order valence-corrected chi connectivity index (χ2v) is 8.09. The summed E-state index contributed by atoms with van der Waals surface area (Å²) in [5, 5.41) is 3.56. The molecule has 0 radical (unpaired) electrons. The molecule has 1 fully saturated rings. The van der Waals surface area contributed by atoms with Crippen LogP contribution in [0.2, 0.25) is 0 Å². The van der Waals surface area contributed by atoms with Crippen LogP contribution in [0.25, 0.3) is 0 Å². The van der Waals surface area contributed by atoms with Gasteiger partial charge in [0.05, 0.1) is 5.56 Å². The van der Waals surface area contributed by atoms with Crippen LogP contribution in [0.3, 0.4) is 0 Å². The highest BCUT2D eigenvalue weighted by molar-refractivity contribution is 7.98. The number of aromatic nitrogens is 2. The van der Waals surface area contributed by atoms with E-state index >= 15 is 0 Å². The van der Waals surface area contributed by atoms with E-state index in [0.29, 0.717) is 22.4 Å². The van der Waals surface area contributed by atoms with Crippen LogP contribution in [-0.4, -0.2) is 34.5 Å². The zero-order chi connectivity index (χ0) is 20.1. The lowest BCUT2D eigenvalue weighted by Gasteiger charge is -2.13. The van der Waals surface area contributed by atoms with Gasteiger partial charge in [0.25, 0.3) is 5.91 Å². The van der Waals surface area contributed by atoms with E-state index in [1.54, 1.807) is 12.1 Å². The number of carbonyl (C=O) groups excluding carboxylic acids is 2. The summed E-state index contributed by atoms with van der Waals surface area (Å²) in [5.41, 5.74) is 3.11. The molecule has 1 amide bonds. The van der Waals surface area contributed by atoms with Gasteiger partial charge in [-0.05, 0) is 57.2 Å². The van der Waals surface area contributed by atoms with Gasteiger partial charge < -0.3 is 10.1 Å². The molecule has 6 nitrogen and oxygen atoms in total. The fourth-order valence-corrected chi connectivity index (χ4v) is 3.92. The lowest BCUT2D eigenvalue weighted by atomic mass is 10.1. The van der Waals surface area contributed by atoms with Gasteiger partial charge in [0.1, 0.15) is 0 Å². The van der Waals surface area contributed by atoms with E-state index in [4.69, 9.17) is 4.74 Å². The van der Waals surface area contributed by atoms with Crippen LogP contribution in [-0.2, 0) is 15.3 Å². The molecule has 1 heterocycles. The summed E-state index contributed by atoms with van der Waals surface area (Å²) in [6, 6.07) is 9.30. The number of thioether (sulfide) groups is 1. The largest absolute Gasteiger partial charge is 0.452 e. The predicted octanol–water partition coefficient (Wildman–Crippen LogP) is 3.46. The van der Waals surface area contributed by atoms with Crippen LogP contribution in [0.1, 0.15) is 47.1 Å². The number of hydrogen-bond donors (Lipinski definition) is 1. The molecule has 148 valence electrons. The number of benzene rings is 1. The SMILES string of the molecule is Cc1cc(C)nc(SCc2ccccc2C(=O)OCC(=O)N[C@H](C)C2CC2)n1. The minimum atomic E-state index is -0.494. The monoisotopic (exact) mass is 399 g/mol. The van der Waals surface area contributed by atoms with Crippen molar-refractivity contribution in [3.8, 4) is 0 Å². The van der Waals surface area contributed by atoms with Gasteiger partial charge in [-0.15, -0.1) is 0 Å². The number of nitrogens with one attached hydrogen (secondary N) is 1. The number of rotatable bonds is 8. The van der Waals surface area contributed by atoms with Gasteiger partial charge in [-0.25, -0.2) is 14.8 Å². The van der Waals surface area contributed by atoms with Gasteiger partial charge in [-0.1, -0.05) is 30.0 Å². The Bertz CT molecular complexity index is 847. The summed E-state index contributed by atoms with van der Waals surface area (Å²) in [6.07, 6.45) is 2.30. The Labute approximate surface area is 169 Å². The zero-order valence-corrected chi connectivity index (χ0v) is 17.2. The molecule has 1 atom stereocenters. The third kappa shape index (κ3) is 5.79. The summed E-state index contributed by atoms with van der Waals surface area (Å²) in [4.78, 5) is 33.3. The van der Waals surface area contributed by atoms with E-state index in [9.17, 15) is 9.59 Å². The predicted molar refractivity (Wildman–Crippen MR) is 108 cm³/mol. The van der Waals surface area contributed by atoms with E-state index in [-0.39, 0.29) is 18.6 Å². The van der Waals surface area contributed by atoms with Crippen LogP contribution >= 0.6 is 11.8 Å². The van der Waals surface area contributed by atoms with Crippen LogP contribution in [0.5, 0.6) is 0 Å². The van der Waals surface area contributed by atoms with Crippen molar-refractivity contribution in [2.45, 2.75) is 50.6 Å². The first kappa shape index (κ1) is 20.3. The highest BCUT2D eigenvalue weighted by Gasteiger charge is 2.29. The summed E-state index contributed by atoms with van der Waals surface area (Å²) >= 11 is 1.47. The third-order valence-electron chi connectivity index (χ3n) is 4.61. The van der Waals surface area contributed by atoms with E-state index in [0.717, 1.165) is 29.8 Å². The number of nitrogens with zero attached hydrogens (tertiary/aromatic N) is 2. The van der Waals surface area contributed by atoms with Crippen molar-refractivity contribution < 1.29 is 14.3 Å². The van der Waals surface area contributed by atoms with Gasteiger partial charge in [-0.2, -0.15) is 0 Å². The smallest absolute Gasteiger partial charge is 0.338 e. The van der Waals surface area contributed by atoms with Crippen molar-refractivity contribution in [2.75, 3.05) is 6.61 Å². The van der Waals surface area contributed by atoms with Gasteiger partial charge in [-0.3, -0.25) is 4.79 Å². The number of esters is 1. The number of amides is 1. The van der Waals surface area contributed by atoms with Crippen molar-refractivity contribution in [3.63, 3.8) is 0 Å². The van der Waals surface area contributed by atoms with E-state index in [1.165, 1.54) is 11.8 Å². The molecular weight excluding hydrogens is 374 g/mol. The summed E-state index contributed by atoms with van der Waals surface area (Å²) in [7, 11) is 0. The van der Waals surface area contributed by atoms with Crippen LogP contribution < -0.4 is 5.32 Å². The Hall–Kier alpha value is -2.41. The Balaban J connectivity index is 1.57. The molecule has 1 aliphatic rings. The second-order valence-electron chi connectivity index (χ2n) is 7.15. The van der Waals surface area contributed by atoms with Gasteiger partial charge >= 0.3 is 5.97 Å². The molecule has 1 aromatic carbocycles. The Kier molecular flexibility index (Phi) is 6.67. The number of carbonyl (C=O) groups is 2. The van der Waals surface area contributed by atoms with E-state index < -0.39 is 5.97 Å². The maximum Gasteiger partial charge on any atom is 0.338 e. The minimum Gasteiger partial charge on any atom is -0.452 e. The molecule has 1 N–H and O–H groups in total. The molecular formula is C21H25N3O3S. The lowest BCUT2D eigenvalue weighted by molar-refractivity contribution is -0.124. The van der Waals surface area contributed by atoms with Crippen molar-refractivity contribution >= 4 is 23.6 Å². The molecule has 0 spiro atoms. The zero-order valence-electron chi connectivity index (χ0n) is 16.4.